The SMILES string of the molecule is CSc1ccc(S(=O)(=O)Nc2ccccc2C(=O)N[C@@H](C)c2ccccc2)cc1C(=O)N1CCC(C)CC1. The van der Waals surface area contributed by atoms with E-state index in [0.29, 0.717) is 24.6 Å². The molecular weight excluding hydrogens is 518 g/mol. The summed E-state index contributed by atoms with van der Waals surface area (Å²) >= 11 is 1.41. The molecule has 9 heteroatoms. The highest BCUT2D eigenvalue weighted by atomic mass is 32.2. The highest BCUT2D eigenvalue weighted by Crippen LogP contribution is 2.28. The molecule has 1 heterocycles. The number of para-hydroxylation sites is 1. The number of nitrogens with zero attached hydrogens (tertiary/aromatic N) is 1. The van der Waals surface area contributed by atoms with Crippen molar-refractivity contribution in [2.45, 2.75) is 42.5 Å². The lowest BCUT2D eigenvalue weighted by atomic mass is 9.98. The van der Waals surface area contributed by atoms with E-state index in [2.05, 4.69) is 17.0 Å². The first-order valence-corrected chi connectivity index (χ1v) is 15.4. The monoisotopic (exact) mass is 551 g/mol. The minimum Gasteiger partial charge on any atom is -0.345 e. The number of thioether (sulfide) groups is 1. The third-order valence-corrected chi connectivity index (χ3v) is 9.00. The molecular formula is C29H33N3O4S2. The van der Waals surface area contributed by atoms with E-state index in [-0.39, 0.29) is 28.1 Å². The van der Waals surface area contributed by atoms with E-state index in [0.717, 1.165) is 23.3 Å². The number of nitrogens with one attached hydrogen (secondary N) is 2. The Balaban J connectivity index is 1.57. The van der Waals surface area contributed by atoms with E-state index in [1.54, 1.807) is 35.2 Å². The lowest BCUT2D eigenvalue weighted by Crippen LogP contribution is -2.38. The van der Waals surface area contributed by atoms with Crippen LogP contribution in [-0.4, -0.2) is 44.5 Å². The van der Waals surface area contributed by atoms with Crippen molar-refractivity contribution in [1.29, 1.82) is 0 Å². The van der Waals surface area contributed by atoms with Crippen molar-refractivity contribution in [3.8, 4) is 0 Å². The molecule has 0 aromatic heterocycles. The Morgan fingerprint density at radius 3 is 2.29 bits per heavy atom. The maximum absolute atomic E-state index is 13.4. The van der Waals surface area contributed by atoms with E-state index in [1.807, 2.05) is 43.5 Å². The van der Waals surface area contributed by atoms with Gasteiger partial charge < -0.3 is 10.2 Å². The van der Waals surface area contributed by atoms with E-state index < -0.39 is 15.9 Å². The highest BCUT2D eigenvalue weighted by molar-refractivity contribution is 7.98. The topological polar surface area (TPSA) is 95.6 Å². The second-order valence-electron chi connectivity index (χ2n) is 9.59. The first-order valence-electron chi connectivity index (χ1n) is 12.6. The summed E-state index contributed by atoms with van der Waals surface area (Å²) in [7, 11) is -4.08. The quantitative estimate of drug-likeness (QED) is 0.357. The number of amides is 2. The molecule has 1 saturated heterocycles. The Bertz CT molecular complexity index is 1400. The summed E-state index contributed by atoms with van der Waals surface area (Å²) in [4.78, 5) is 28.9. The number of hydrogen-bond donors (Lipinski definition) is 2. The summed E-state index contributed by atoms with van der Waals surface area (Å²) in [5.74, 6) is 0.0171. The summed E-state index contributed by atoms with van der Waals surface area (Å²) < 4.78 is 29.4. The average Bonchev–Trinajstić information content (AvgIpc) is 2.93. The number of hydrogen-bond acceptors (Lipinski definition) is 5. The molecule has 3 aromatic carbocycles. The molecule has 0 bridgehead atoms. The fourth-order valence-corrected chi connectivity index (χ4v) is 6.15. The smallest absolute Gasteiger partial charge is 0.261 e. The number of anilines is 1. The van der Waals surface area contributed by atoms with Gasteiger partial charge in [-0.15, -0.1) is 11.8 Å². The summed E-state index contributed by atoms with van der Waals surface area (Å²) in [6, 6.07) is 20.3. The first-order chi connectivity index (χ1) is 18.2. The Morgan fingerprint density at radius 1 is 0.947 bits per heavy atom. The van der Waals surface area contributed by atoms with Gasteiger partial charge in [-0.1, -0.05) is 49.4 Å². The van der Waals surface area contributed by atoms with E-state index in [1.165, 1.54) is 23.9 Å². The van der Waals surface area contributed by atoms with Crippen molar-refractivity contribution >= 4 is 39.3 Å². The van der Waals surface area contributed by atoms with Crippen LogP contribution in [0.5, 0.6) is 0 Å². The lowest BCUT2D eigenvalue weighted by Gasteiger charge is -2.30. The van der Waals surface area contributed by atoms with E-state index >= 15 is 0 Å². The van der Waals surface area contributed by atoms with Crippen molar-refractivity contribution in [2.75, 3.05) is 24.1 Å². The van der Waals surface area contributed by atoms with Crippen LogP contribution in [0, 0.1) is 5.92 Å². The molecule has 1 aliphatic heterocycles. The van der Waals surface area contributed by atoms with Crippen molar-refractivity contribution < 1.29 is 18.0 Å². The zero-order valence-corrected chi connectivity index (χ0v) is 23.4. The second-order valence-corrected chi connectivity index (χ2v) is 12.1. The van der Waals surface area contributed by atoms with Crippen LogP contribution in [0.2, 0.25) is 0 Å². The van der Waals surface area contributed by atoms with Crippen LogP contribution < -0.4 is 10.0 Å². The fraction of sp³-hybridized carbons (Fsp3) is 0.310. The molecule has 2 N–H and O–H groups in total. The van der Waals surface area contributed by atoms with Gasteiger partial charge in [0.2, 0.25) is 0 Å². The van der Waals surface area contributed by atoms with Crippen molar-refractivity contribution in [3.05, 3.63) is 89.5 Å². The molecule has 0 unspecified atom stereocenters. The predicted molar refractivity (Wildman–Crippen MR) is 152 cm³/mol. The van der Waals surface area contributed by atoms with Crippen LogP contribution in [0.25, 0.3) is 0 Å². The molecule has 1 fully saturated rings. The minimum atomic E-state index is -4.08. The van der Waals surface area contributed by atoms with Gasteiger partial charge in [0.1, 0.15) is 0 Å². The van der Waals surface area contributed by atoms with Crippen LogP contribution in [0.15, 0.2) is 82.6 Å². The third kappa shape index (κ3) is 6.39. The average molecular weight is 552 g/mol. The standard InChI is InChI=1S/C29H33N3O4S2/c1-20-15-17-32(18-16-20)29(34)25-19-23(13-14-27(25)37-3)38(35,36)31-26-12-8-7-11-24(26)28(33)30-21(2)22-9-5-4-6-10-22/h4-14,19-21,31H,15-18H2,1-3H3,(H,30,33)/t21-/m0/s1. The molecule has 200 valence electrons. The molecule has 4 rings (SSSR count). The van der Waals surface area contributed by atoms with Crippen LogP contribution >= 0.6 is 11.8 Å². The first kappa shape index (κ1) is 27.7. The molecule has 1 atom stereocenters. The van der Waals surface area contributed by atoms with Crippen molar-refractivity contribution in [1.82, 2.24) is 10.2 Å². The van der Waals surface area contributed by atoms with Gasteiger partial charge in [-0.05, 0) is 67.8 Å². The number of carbonyl (C=O) groups excluding carboxylic acids is 2. The molecule has 0 spiro atoms. The second kappa shape index (κ2) is 12.0. The Kier molecular flexibility index (Phi) is 8.79. The Labute approximate surface area is 229 Å². The van der Waals surface area contributed by atoms with Gasteiger partial charge in [0, 0.05) is 18.0 Å². The number of carbonyl (C=O) groups is 2. The number of benzene rings is 3. The summed E-state index contributed by atoms with van der Waals surface area (Å²) in [5.41, 5.74) is 1.68. The van der Waals surface area contributed by atoms with Crippen LogP contribution in [0.4, 0.5) is 5.69 Å². The summed E-state index contributed by atoms with van der Waals surface area (Å²) in [6.45, 7) is 5.36. The maximum Gasteiger partial charge on any atom is 0.261 e. The van der Waals surface area contributed by atoms with Gasteiger partial charge in [-0.3, -0.25) is 14.3 Å². The third-order valence-electron chi connectivity index (χ3n) is 6.85. The molecule has 7 nitrogen and oxygen atoms in total. The highest BCUT2D eigenvalue weighted by Gasteiger charge is 2.26. The number of rotatable bonds is 8. The molecule has 0 saturated carbocycles. The molecule has 3 aromatic rings. The van der Waals surface area contributed by atoms with Crippen LogP contribution in [0.3, 0.4) is 0 Å². The van der Waals surface area contributed by atoms with Gasteiger partial charge in [0.15, 0.2) is 0 Å². The molecule has 0 radical (unpaired) electrons. The fourth-order valence-electron chi connectivity index (χ4n) is 4.48. The Hall–Kier alpha value is -3.30. The Morgan fingerprint density at radius 2 is 1.61 bits per heavy atom. The van der Waals surface area contributed by atoms with E-state index in [9.17, 15) is 18.0 Å². The van der Waals surface area contributed by atoms with Crippen molar-refractivity contribution in [2.24, 2.45) is 5.92 Å². The summed E-state index contributed by atoms with van der Waals surface area (Å²) in [6.07, 6.45) is 3.73. The molecule has 0 aliphatic carbocycles. The minimum absolute atomic E-state index is 0.0307. The predicted octanol–water partition coefficient (Wildman–Crippen LogP) is 5.57. The number of sulfonamides is 1. The van der Waals surface area contributed by atoms with Crippen molar-refractivity contribution in [3.63, 3.8) is 0 Å². The maximum atomic E-state index is 13.4. The van der Waals surface area contributed by atoms with Gasteiger partial charge in [0.05, 0.1) is 27.8 Å². The molecule has 2 amide bonds. The molecule has 38 heavy (non-hydrogen) atoms. The van der Waals surface area contributed by atoms with E-state index in [4.69, 9.17) is 0 Å². The molecule has 1 aliphatic rings. The van der Waals surface area contributed by atoms with Crippen LogP contribution in [0.1, 0.15) is 59.0 Å². The van der Waals surface area contributed by atoms with Gasteiger partial charge in [0.25, 0.3) is 21.8 Å². The zero-order valence-electron chi connectivity index (χ0n) is 21.8. The largest absolute Gasteiger partial charge is 0.345 e. The van der Waals surface area contributed by atoms with Gasteiger partial charge in [-0.25, -0.2) is 8.42 Å². The normalized spacial score (nSPS) is 15.1. The van der Waals surface area contributed by atoms with Gasteiger partial charge >= 0.3 is 0 Å². The lowest BCUT2D eigenvalue weighted by molar-refractivity contribution is 0.0693. The number of likely N-dealkylation sites (tertiary alicyclic amines) is 1. The zero-order chi connectivity index (χ0) is 27.3. The van der Waals surface area contributed by atoms with Crippen LogP contribution in [-0.2, 0) is 10.0 Å². The number of piperidine rings is 1. The summed E-state index contributed by atoms with van der Waals surface area (Å²) in [5, 5.41) is 2.93. The van der Waals surface area contributed by atoms with Gasteiger partial charge in [-0.2, -0.15) is 0 Å².